The van der Waals surface area contributed by atoms with Gasteiger partial charge >= 0.3 is 0 Å². The highest BCUT2D eigenvalue weighted by Gasteiger charge is 2.25. The number of rotatable bonds is 6. The van der Waals surface area contributed by atoms with Crippen LogP contribution in [0.4, 0.5) is 5.13 Å². The maximum absolute atomic E-state index is 10.9. The van der Waals surface area contributed by atoms with Crippen LogP contribution >= 0.6 is 11.3 Å². The summed E-state index contributed by atoms with van der Waals surface area (Å²) in [6.07, 6.45) is 4.47. The molecule has 0 amide bonds. The summed E-state index contributed by atoms with van der Waals surface area (Å²) >= 11 is 1.53. The average Bonchev–Trinajstić information content (AvgIpc) is 3.03. The SMILES string of the molecule is CCc1nc(N(CC)CC2CC2)sc1C=O. The van der Waals surface area contributed by atoms with Crippen molar-refractivity contribution in [3.8, 4) is 0 Å². The van der Waals surface area contributed by atoms with Gasteiger partial charge in [-0.15, -0.1) is 0 Å². The zero-order valence-electron chi connectivity index (χ0n) is 9.90. The molecule has 1 heterocycles. The molecule has 1 fully saturated rings. The third-order valence-electron chi connectivity index (χ3n) is 2.99. The molecule has 1 aliphatic carbocycles. The Labute approximate surface area is 100 Å². The van der Waals surface area contributed by atoms with E-state index in [-0.39, 0.29) is 0 Å². The molecule has 0 aromatic carbocycles. The molecule has 0 atom stereocenters. The van der Waals surface area contributed by atoms with Crippen molar-refractivity contribution >= 4 is 22.8 Å². The molecular weight excluding hydrogens is 220 g/mol. The van der Waals surface area contributed by atoms with Crippen molar-refractivity contribution in [2.45, 2.75) is 33.1 Å². The molecule has 1 aromatic heterocycles. The first-order valence-electron chi connectivity index (χ1n) is 5.98. The van der Waals surface area contributed by atoms with E-state index in [0.717, 1.165) is 47.4 Å². The van der Waals surface area contributed by atoms with Crippen molar-refractivity contribution in [2.24, 2.45) is 5.92 Å². The van der Waals surface area contributed by atoms with Crippen LogP contribution in [0.3, 0.4) is 0 Å². The molecule has 16 heavy (non-hydrogen) atoms. The van der Waals surface area contributed by atoms with Crippen LogP contribution in [-0.4, -0.2) is 24.4 Å². The Balaban J connectivity index is 2.15. The molecule has 2 rings (SSSR count). The maximum atomic E-state index is 10.9. The number of thiazole rings is 1. The minimum Gasteiger partial charge on any atom is -0.348 e. The minimum absolute atomic E-state index is 0.798. The summed E-state index contributed by atoms with van der Waals surface area (Å²) in [5.41, 5.74) is 0.948. The topological polar surface area (TPSA) is 33.2 Å². The summed E-state index contributed by atoms with van der Waals surface area (Å²) < 4.78 is 0. The van der Waals surface area contributed by atoms with E-state index in [1.54, 1.807) is 0 Å². The first-order chi connectivity index (χ1) is 7.78. The molecule has 88 valence electrons. The largest absolute Gasteiger partial charge is 0.348 e. The lowest BCUT2D eigenvalue weighted by Crippen LogP contribution is -2.24. The van der Waals surface area contributed by atoms with Crippen molar-refractivity contribution in [3.63, 3.8) is 0 Å². The van der Waals surface area contributed by atoms with Crippen LogP contribution in [0.1, 0.15) is 42.1 Å². The third kappa shape index (κ3) is 2.43. The molecule has 0 spiro atoms. The molecule has 3 nitrogen and oxygen atoms in total. The van der Waals surface area contributed by atoms with Gasteiger partial charge in [-0.05, 0) is 32.1 Å². The summed E-state index contributed by atoms with van der Waals surface area (Å²) in [7, 11) is 0. The van der Waals surface area contributed by atoms with Gasteiger partial charge in [-0.1, -0.05) is 18.3 Å². The summed E-state index contributed by atoms with van der Waals surface area (Å²) in [5, 5.41) is 1.02. The fourth-order valence-electron chi connectivity index (χ4n) is 1.79. The van der Waals surface area contributed by atoms with E-state index < -0.39 is 0 Å². The number of aldehydes is 1. The van der Waals surface area contributed by atoms with Crippen LogP contribution < -0.4 is 4.90 Å². The van der Waals surface area contributed by atoms with Crippen molar-refractivity contribution in [1.29, 1.82) is 0 Å². The Bertz CT molecular complexity index is 371. The molecular formula is C12H18N2OS. The number of carbonyl (C=O) groups excluding carboxylic acids is 1. The van der Waals surface area contributed by atoms with E-state index in [4.69, 9.17) is 0 Å². The molecule has 0 unspecified atom stereocenters. The fraction of sp³-hybridized carbons (Fsp3) is 0.667. The third-order valence-corrected chi connectivity index (χ3v) is 4.07. The number of hydrogen-bond donors (Lipinski definition) is 0. The van der Waals surface area contributed by atoms with Crippen LogP contribution in [0.2, 0.25) is 0 Å². The average molecular weight is 238 g/mol. The standard InChI is InChI=1S/C12H18N2OS/c1-3-10-11(8-15)16-12(13-10)14(4-2)7-9-5-6-9/h8-9H,3-7H2,1-2H3. The zero-order valence-corrected chi connectivity index (χ0v) is 10.7. The van der Waals surface area contributed by atoms with Gasteiger partial charge in [0.25, 0.3) is 0 Å². The first-order valence-corrected chi connectivity index (χ1v) is 6.79. The lowest BCUT2D eigenvalue weighted by molar-refractivity contribution is 0.112. The summed E-state index contributed by atoms with van der Waals surface area (Å²) in [4.78, 5) is 18.6. The molecule has 0 N–H and O–H groups in total. The number of aromatic nitrogens is 1. The van der Waals surface area contributed by atoms with Gasteiger partial charge in [-0.2, -0.15) is 0 Å². The van der Waals surface area contributed by atoms with Crippen molar-refractivity contribution in [1.82, 2.24) is 4.98 Å². The predicted molar refractivity (Wildman–Crippen MR) is 67.5 cm³/mol. The van der Waals surface area contributed by atoms with Gasteiger partial charge in [0.2, 0.25) is 0 Å². The minimum atomic E-state index is 0.798. The van der Waals surface area contributed by atoms with Gasteiger partial charge in [0, 0.05) is 13.1 Å². The van der Waals surface area contributed by atoms with E-state index >= 15 is 0 Å². The van der Waals surface area contributed by atoms with Crippen LogP contribution in [0.15, 0.2) is 0 Å². The van der Waals surface area contributed by atoms with Crippen LogP contribution in [0.5, 0.6) is 0 Å². The second-order valence-corrected chi connectivity index (χ2v) is 5.27. The van der Waals surface area contributed by atoms with Crippen LogP contribution in [0.25, 0.3) is 0 Å². The van der Waals surface area contributed by atoms with E-state index in [9.17, 15) is 4.79 Å². The summed E-state index contributed by atoms with van der Waals surface area (Å²) in [6.45, 7) is 6.27. The molecule has 0 radical (unpaired) electrons. The second-order valence-electron chi connectivity index (χ2n) is 4.26. The number of anilines is 1. The Morgan fingerprint density at radius 2 is 2.25 bits per heavy atom. The fourth-order valence-corrected chi connectivity index (χ4v) is 2.83. The Kier molecular flexibility index (Phi) is 3.59. The second kappa shape index (κ2) is 4.95. The maximum Gasteiger partial charge on any atom is 0.186 e. The molecule has 0 aliphatic heterocycles. The van der Waals surface area contributed by atoms with Crippen molar-refractivity contribution in [3.05, 3.63) is 10.6 Å². The van der Waals surface area contributed by atoms with Crippen molar-refractivity contribution in [2.75, 3.05) is 18.0 Å². The van der Waals surface area contributed by atoms with Gasteiger partial charge < -0.3 is 4.90 Å². The molecule has 1 saturated carbocycles. The van der Waals surface area contributed by atoms with Crippen molar-refractivity contribution < 1.29 is 4.79 Å². The van der Waals surface area contributed by atoms with E-state index in [1.165, 1.54) is 24.2 Å². The molecule has 0 bridgehead atoms. The summed E-state index contributed by atoms with van der Waals surface area (Å²) in [6, 6.07) is 0. The highest BCUT2D eigenvalue weighted by atomic mass is 32.1. The molecule has 0 saturated heterocycles. The van der Waals surface area contributed by atoms with Gasteiger partial charge in [-0.25, -0.2) is 4.98 Å². The lowest BCUT2D eigenvalue weighted by atomic mass is 10.3. The predicted octanol–water partition coefficient (Wildman–Crippen LogP) is 2.75. The monoisotopic (exact) mass is 238 g/mol. The van der Waals surface area contributed by atoms with E-state index in [0.29, 0.717) is 0 Å². The Hall–Kier alpha value is -0.900. The quantitative estimate of drug-likeness (QED) is 0.714. The van der Waals surface area contributed by atoms with Gasteiger partial charge in [0.1, 0.15) is 0 Å². The number of aryl methyl sites for hydroxylation is 1. The Morgan fingerprint density at radius 3 is 2.69 bits per heavy atom. The van der Waals surface area contributed by atoms with Crippen LogP contribution in [-0.2, 0) is 6.42 Å². The smallest absolute Gasteiger partial charge is 0.186 e. The number of hydrogen-bond acceptors (Lipinski definition) is 4. The van der Waals surface area contributed by atoms with Gasteiger partial charge in [0.15, 0.2) is 11.4 Å². The van der Waals surface area contributed by atoms with Gasteiger partial charge in [0.05, 0.1) is 10.6 Å². The molecule has 1 aliphatic rings. The normalized spacial score (nSPS) is 15.1. The molecule has 4 heteroatoms. The van der Waals surface area contributed by atoms with Crippen LogP contribution in [0, 0.1) is 5.92 Å². The highest BCUT2D eigenvalue weighted by molar-refractivity contribution is 7.17. The number of nitrogens with zero attached hydrogens (tertiary/aromatic N) is 2. The number of carbonyl (C=O) groups is 1. The highest BCUT2D eigenvalue weighted by Crippen LogP contribution is 2.33. The van der Waals surface area contributed by atoms with Gasteiger partial charge in [-0.3, -0.25) is 4.79 Å². The first kappa shape index (κ1) is 11.6. The molecule has 1 aromatic rings. The van der Waals surface area contributed by atoms with E-state index in [1.807, 2.05) is 6.92 Å². The van der Waals surface area contributed by atoms with E-state index in [2.05, 4.69) is 16.8 Å². The summed E-state index contributed by atoms with van der Waals surface area (Å²) in [5.74, 6) is 0.855. The lowest BCUT2D eigenvalue weighted by Gasteiger charge is -2.19. The zero-order chi connectivity index (χ0) is 11.5. The Morgan fingerprint density at radius 1 is 1.50 bits per heavy atom.